The zero-order chi connectivity index (χ0) is 19.0. The summed E-state index contributed by atoms with van der Waals surface area (Å²) in [6.45, 7) is 3.97. The summed E-state index contributed by atoms with van der Waals surface area (Å²) in [5, 5.41) is 2.87. The molecule has 0 aliphatic carbocycles. The van der Waals surface area contributed by atoms with E-state index in [0.29, 0.717) is 24.2 Å². The van der Waals surface area contributed by atoms with Gasteiger partial charge in [-0.3, -0.25) is 4.79 Å². The average Bonchev–Trinajstić information content (AvgIpc) is 2.95. The second kappa shape index (κ2) is 6.85. The van der Waals surface area contributed by atoms with Gasteiger partial charge in [-0.05, 0) is 35.7 Å². The van der Waals surface area contributed by atoms with Crippen molar-refractivity contribution in [2.45, 2.75) is 24.9 Å². The number of halogens is 1. The third-order valence-electron chi connectivity index (χ3n) is 4.89. The van der Waals surface area contributed by atoms with Crippen LogP contribution in [0.15, 0.2) is 59.1 Å². The first kappa shape index (κ1) is 17.8. The van der Waals surface area contributed by atoms with Gasteiger partial charge in [0.05, 0.1) is 0 Å². The highest BCUT2D eigenvalue weighted by molar-refractivity contribution is 9.10. The molecule has 4 rings (SSSR count). The Bertz CT molecular complexity index is 920. The Morgan fingerprint density at radius 3 is 2.63 bits per heavy atom. The molecule has 2 heterocycles. The van der Waals surface area contributed by atoms with Gasteiger partial charge in [0.2, 0.25) is 5.91 Å². The molecule has 1 fully saturated rings. The predicted molar refractivity (Wildman–Crippen MR) is 105 cm³/mol. The van der Waals surface area contributed by atoms with Crippen LogP contribution in [0.3, 0.4) is 0 Å². The molecule has 1 atom stereocenters. The van der Waals surface area contributed by atoms with Crippen molar-refractivity contribution < 1.29 is 19.1 Å². The number of rotatable bonds is 4. The molecular formula is C21H18BrNO4. The van der Waals surface area contributed by atoms with E-state index in [-0.39, 0.29) is 12.5 Å². The Morgan fingerprint density at radius 2 is 1.93 bits per heavy atom. The number of carbonyl (C=O) groups is 2. The molecule has 0 spiro atoms. The Kier molecular flexibility index (Phi) is 4.52. The van der Waals surface area contributed by atoms with Crippen molar-refractivity contribution in [3.8, 4) is 5.75 Å². The summed E-state index contributed by atoms with van der Waals surface area (Å²) in [5.74, 6) is 0.215. The molecule has 1 saturated heterocycles. The number of anilines is 1. The van der Waals surface area contributed by atoms with Crippen LogP contribution < -0.4 is 10.1 Å². The molecule has 2 aliphatic heterocycles. The SMILES string of the molecule is C=C1CC(COc2ccc3c(c2)NC(=O)CC3)(c2ccc(Br)cc2)OC1=O. The molecular weight excluding hydrogens is 410 g/mol. The molecule has 0 aromatic heterocycles. The third-order valence-corrected chi connectivity index (χ3v) is 5.42. The zero-order valence-electron chi connectivity index (χ0n) is 14.6. The number of carbonyl (C=O) groups excluding carboxylic acids is 2. The molecule has 27 heavy (non-hydrogen) atoms. The summed E-state index contributed by atoms with van der Waals surface area (Å²) in [5.41, 5.74) is 2.23. The van der Waals surface area contributed by atoms with Crippen molar-refractivity contribution in [3.63, 3.8) is 0 Å². The predicted octanol–water partition coefficient (Wildman–Crippen LogP) is 4.11. The lowest BCUT2D eigenvalue weighted by atomic mass is 9.90. The summed E-state index contributed by atoms with van der Waals surface area (Å²) >= 11 is 3.42. The molecule has 138 valence electrons. The molecule has 2 aromatic carbocycles. The first-order valence-corrected chi connectivity index (χ1v) is 9.47. The van der Waals surface area contributed by atoms with E-state index < -0.39 is 11.6 Å². The standard InChI is InChI=1S/C21H18BrNO4/c1-13-11-21(27-20(13)25,15-4-6-16(22)7-5-15)12-26-17-8-2-14-3-9-19(24)23-18(14)10-17/h2,4-8,10H,1,3,9,11-12H2,(H,23,24). The first-order valence-electron chi connectivity index (χ1n) is 8.68. The molecule has 1 N–H and O–H groups in total. The molecule has 0 saturated carbocycles. The van der Waals surface area contributed by atoms with Gasteiger partial charge in [-0.2, -0.15) is 0 Å². The van der Waals surface area contributed by atoms with Crippen molar-refractivity contribution in [2.75, 3.05) is 11.9 Å². The van der Waals surface area contributed by atoms with E-state index in [9.17, 15) is 9.59 Å². The fourth-order valence-electron chi connectivity index (χ4n) is 3.42. The molecule has 0 radical (unpaired) electrons. The van der Waals surface area contributed by atoms with Crippen molar-refractivity contribution >= 4 is 33.5 Å². The lowest BCUT2D eigenvalue weighted by Gasteiger charge is -2.28. The Labute approximate surface area is 165 Å². The quantitative estimate of drug-likeness (QED) is 0.588. The third kappa shape index (κ3) is 3.49. The van der Waals surface area contributed by atoms with Gasteiger partial charge >= 0.3 is 5.97 Å². The van der Waals surface area contributed by atoms with Crippen LogP contribution in [0.5, 0.6) is 5.75 Å². The number of hydrogen-bond donors (Lipinski definition) is 1. The average molecular weight is 428 g/mol. The highest BCUT2D eigenvalue weighted by atomic mass is 79.9. The molecule has 5 nitrogen and oxygen atoms in total. The number of fused-ring (bicyclic) bond motifs is 1. The van der Waals surface area contributed by atoms with E-state index in [1.807, 2.05) is 42.5 Å². The van der Waals surface area contributed by atoms with Gasteiger partial charge in [0.25, 0.3) is 0 Å². The monoisotopic (exact) mass is 427 g/mol. The molecule has 1 unspecified atom stereocenters. The maximum Gasteiger partial charge on any atom is 0.334 e. The van der Waals surface area contributed by atoms with Gasteiger partial charge in [0.15, 0.2) is 5.60 Å². The number of cyclic esters (lactones) is 1. The second-order valence-electron chi connectivity index (χ2n) is 6.83. The number of aryl methyl sites for hydroxylation is 1. The highest BCUT2D eigenvalue weighted by Crippen LogP contribution is 2.40. The maximum atomic E-state index is 12.0. The smallest absolute Gasteiger partial charge is 0.334 e. The number of amides is 1. The van der Waals surface area contributed by atoms with Crippen LogP contribution in [0.25, 0.3) is 0 Å². The van der Waals surface area contributed by atoms with Gasteiger partial charge in [0.1, 0.15) is 12.4 Å². The molecule has 0 bridgehead atoms. The number of nitrogens with one attached hydrogen (secondary N) is 1. The lowest BCUT2D eigenvalue weighted by Crippen LogP contribution is -2.33. The fraction of sp³-hybridized carbons (Fsp3) is 0.238. The molecule has 2 aromatic rings. The van der Waals surface area contributed by atoms with Crippen molar-refractivity contribution in [3.05, 3.63) is 70.2 Å². The van der Waals surface area contributed by atoms with E-state index in [1.54, 1.807) is 0 Å². The normalized spacial score (nSPS) is 21.4. The van der Waals surface area contributed by atoms with Crippen LogP contribution in [0, 0.1) is 0 Å². The van der Waals surface area contributed by atoms with Gasteiger partial charge in [0, 0.05) is 34.6 Å². The van der Waals surface area contributed by atoms with E-state index >= 15 is 0 Å². The van der Waals surface area contributed by atoms with Gasteiger partial charge < -0.3 is 14.8 Å². The van der Waals surface area contributed by atoms with E-state index in [2.05, 4.69) is 27.8 Å². The van der Waals surface area contributed by atoms with Crippen molar-refractivity contribution in [2.24, 2.45) is 0 Å². The van der Waals surface area contributed by atoms with Crippen molar-refractivity contribution in [1.82, 2.24) is 0 Å². The summed E-state index contributed by atoms with van der Waals surface area (Å²) in [6, 6.07) is 13.3. The minimum atomic E-state index is -0.909. The number of esters is 1. The van der Waals surface area contributed by atoms with Gasteiger partial charge in [-0.15, -0.1) is 0 Å². The molecule has 2 aliphatic rings. The van der Waals surface area contributed by atoms with Gasteiger partial charge in [-0.1, -0.05) is 40.7 Å². The minimum Gasteiger partial charge on any atom is -0.489 e. The van der Waals surface area contributed by atoms with E-state index in [1.165, 1.54) is 0 Å². The van der Waals surface area contributed by atoms with Crippen LogP contribution >= 0.6 is 15.9 Å². The summed E-state index contributed by atoms with van der Waals surface area (Å²) in [4.78, 5) is 23.7. The van der Waals surface area contributed by atoms with Crippen molar-refractivity contribution in [1.29, 1.82) is 0 Å². The minimum absolute atomic E-state index is 0.00649. The zero-order valence-corrected chi connectivity index (χ0v) is 16.2. The first-order chi connectivity index (χ1) is 12.9. The Morgan fingerprint density at radius 1 is 1.15 bits per heavy atom. The van der Waals surface area contributed by atoms with Crippen LogP contribution in [0.2, 0.25) is 0 Å². The molecule has 1 amide bonds. The fourth-order valence-corrected chi connectivity index (χ4v) is 3.69. The highest BCUT2D eigenvalue weighted by Gasteiger charge is 2.45. The van der Waals surface area contributed by atoms with Crippen LogP contribution in [-0.2, 0) is 26.3 Å². The maximum absolute atomic E-state index is 12.0. The summed E-state index contributed by atoms with van der Waals surface area (Å²) in [7, 11) is 0. The number of benzene rings is 2. The number of hydrogen-bond acceptors (Lipinski definition) is 4. The van der Waals surface area contributed by atoms with Crippen LogP contribution in [0.1, 0.15) is 24.0 Å². The molecule has 6 heteroatoms. The van der Waals surface area contributed by atoms with E-state index in [0.717, 1.165) is 27.7 Å². The van der Waals surface area contributed by atoms with Gasteiger partial charge in [-0.25, -0.2) is 4.79 Å². The van der Waals surface area contributed by atoms with Crippen LogP contribution in [0.4, 0.5) is 5.69 Å². The second-order valence-corrected chi connectivity index (χ2v) is 7.74. The Balaban J connectivity index is 1.59. The summed E-state index contributed by atoms with van der Waals surface area (Å²) in [6.07, 6.45) is 1.59. The van der Waals surface area contributed by atoms with E-state index in [4.69, 9.17) is 9.47 Å². The summed E-state index contributed by atoms with van der Waals surface area (Å²) < 4.78 is 12.6. The largest absolute Gasteiger partial charge is 0.489 e. The number of ether oxygens (including phenoxy) is 2. The van der Waals surface area contributed by atoms with Crippen LogP contribution in [-0.4, -0.2) is 18.5 Å². The topological polar surface area (TPSA) is 64.6 Å². The Hall–Kier alpha value is -2.60. The lowest BCUT2D eigenvalue weighted by molar-refractivity contribution is -0.150.